The van der Waals surface area contributed by atoms with E-state index in [4.69, 9.17) is 18.9 Å². The van der Waals surface area contributed by atoms with Crippen molar-refractivity contribution in [1.82, 2.24) is 0 Å². The van der Waals surface area contributed by atoms with Crippen LogP contribution in [0, 0.1) is 5.92 Å². The topological polar surface area (TPSA) is 36.9 Å². The number of hydrogen-bond donors (Lipinski definition) is 0. The minimum atomic E-state index is -0.726. The van der Waals surface area contributed by atoms with Crippen LogP contribution in [0.1, 0.15) is 210 Å². The summed E-state index contributed by atoms with van der Waals surface area (Å²) in [5.74, 6) is 4.56. The summed E-state index contributed by atoms with van der Waals surface area (Å²) >= 11 is 16.0. The first-order chi connectivity index (χ1) is 42.4. The van der Waals surface area contributed by atoms with E-state index in [9.17, 15) is 0 Å². The first-order valence-electron chi connectivity index (χ1n) is 33.1. The molecule has 0 saturated heterocycles. The fraction of sp³-hybridized carbons (Fsp3) is 0.474. The standard InChI is InChI=1S/C76H90Br2O4S4/c1-5-9-13-17-21-25-45-79-57-37-29-53(30-38-57)75(54-31-39-58(40-32-54)80-46-26-22-18-14-10-6-2)63-49-61-70(86-74-66(78)52-83-71(61)74)68(63)76(55-33-41-59(42-34-55)81-47-27-23-19-15-11-7-3,56-35-43-60(44-36-56)82-48-28-24-20-16-12-8-4)64-50-62-69(67(64)75)85-73-65(77)51-84-72(62)73/h29-44,49-51,64H,5-28,45-48,52H2,1-4H3. The third kappa shape index (κ3) is 13.3. The van der Waals surface area contributed by atoms with Gasteiger partial charge in [0.2, 0.25) is 0 Å². The molecule has 1 saturated carbocycles. The third-order valence-electron chi connectivity index (χ3n) is 18.5. The van der Waals surface area contributed by atoms with Crippen LogP contribution in [0.3, 0.4) is 0 Å². The maximum Gasteiger partial charge on any atom is 0.119 e. The molecule has 11 rings (SSSR count). The molecule has 1 atom stereocenters. The molecule has 3 aromatic heterocycles. The average Bonchev–Trinajstić information content (AvgIpc) is 1.42. The molecule has 0 amide bonds. The summed E-state index contributed by atoms with van der Waals surface area (Å²) in [5, 5.41) is 3.65. The van der Waals surface area contributed by atoms with Crippen molar-refractivity contribution in [2.75, 3.05) is 32.2 Å². The van der Waals surface area contributed by atoms with Crippen molar-refractivity contribution in [3.8, 4) is 23.0 Å². The molecule has 0 bridgehead atoms. The molecule has 4 heterocycles. The van der Waals surface area contributed by atoms with Gasteiger partial charge in [-0.15, -0.1) is 45.8 Å². The summed E-state index contributed by atoms with van der Waals surface area (Å²) in [6.07, 6.45) is 35.0. The molecule has 3 aliphatic carbocycles. The van der Waals surface area contributed by atoms with Gasteiger partial charge in [0, 0.05) is 50.7 Å². The molecule has 0 spiro atoms. The van der Waals surface area contributed by atoms with Gasteiger partial charge in [-0.05, 0) is 135 Å². The Morgan fingerprint density at radius 3 is 1.29 bits per heavy atom. The van der Waals surface area contributed by atoms with Gasteiger partial charge in [-0.3, -0.25) is 0 Å². The van der Waals surface area contributed by atoms with Crippen LogP contribution in [0.25, 0.3) is 37.2 Å². The molecule has 1 fully saturated rings. The lowest BCUT2D eigenvalue weighted by Crippen LogP contribution is -2.52. The van der Waals surface area contributed by atoms with Gasteiger partial charge in [-0.1, -0.05) is 227 Å². The highest BCUT2D eigenvalue weighted by molar-refractivity contribution is 9.15. The second-order valence-corrected chi connectivity index (χ2v) is 30.1. The molecule has 1 aliphatic heterocycles. The number of thioether (sulfide) groups is 1. The number of allylic oxidation sites excluding steroid dienone is 1. The van der Waals surface area contributed by atoms with Crippen molar-refractivity contribution in [1.29, 1.82) is 0 Å². The lowest BCUT2D eigenvalue weighted by atomic mass is 9.46. The van der Waals surface area contributed by atoms with Crippen LogP contribution in [0.2, 0.25) is 0 Å². The monoisotopic (exact) mass is 1350 g/mol. The molecule has 1 unspecified atom stereocenters. The summed E-state index contributed by atoms with van der Waals surface area (Å²) < 4.78 is 35.8. The summed E-state index contributed by atoms with van der Waals surface area (Å²) in [5.41, 5.74) is 9.17. The first kappa shape index (κ1) is 63.5. The molecule has 7 aromatic rings. The Bertz CT molecular complexity index is 3520. The van der Waals surface area contributed by atoms with Gasteiger partial charge in [0.05, 0.1) is 51.2 Å². The highest BCUT2D eigenvalue weighted by Gasteiger charge is 2.63. The molecule has 0 N–H and O–H groups in total. The van der Waals surface area contributed by atoms with Crippen LogP contribution in [0.15, 0.2) is 117 Å². The van der Waals surface area contributed by atoms with Crippen molar-refractivity contribution in [3.63, 3.8) is 0 Å². The van der Waals surface area contributed by atoms with E-state index in [0.29, 0.717) is 0 Å². The number of halogens is 2. The lowest BCUT2D eigenvalue weighted by Gasteiger charge is -2.55. The number of thiophene rings is 3. The third-order valence-corrected chi connectivity index (χ3v) is 26.0. The number of ether oxygens (including phenoxy) is 4. The Hall–Kier alpha value is -4.03. The van der Waals surface area contributed by atoms with Gasteiger partial charge in [0.15, 0.2) is 0 Å². The van der Waals surface area contributed by atoms with Gasteiger partial charge < -0.3 is 18.9 Å². The van der Waals surface area contributed by atoms with Crippen LogP contribution < -0.4 is 37.8 Å². The highest BCUT2D eigenvalue weighted by atomic mass is 79.9. The van der Waals surface area contributed by atoms with Crippen molar-refractivity contribution >= 4 is 115 Å². The Morgan fingerprint density at radius 1 is 0.453 bits per heavy atom. The second-order valence-electron chi connectivity index (χ2n) is 24.4. The van der Waals surface area contributed by atoms with E-state index < -0.39 is 10.8 Å². The average molecular weight is 1360 g/mol. The van der Waals surface area contributed by atoms with Crippen molar-refractivity contribution in [3.05, 3.63) is 159 Å². The number of benzene rings is 4. The van der Waals surface area contributed by atoms with Crippen molar-refractivity contribution < 1.29 is 18.9 Å². The van der Waals surface area contributed by atoms with Gasteiger partial charge in [0.1, 0.15) is 23.0 Å². The van der Waals surface area contributed by atoms with E-state index in [0.717, 1.165) is 80.9 Å². The number of rotatable bonds is 36. The zero-order valence-corrected chi connectivity index (χ0v) is 58.0. The maximum absolute atomic E-state index is 6.65. The van der Waals surface area contributed by atoms with E-state index in [2.05, 4.69) is 174 Å². The van der Waals surface area contributed by atoms with Crippen LogP contribution in [0.4, 0.5) is 0 Å². The van der Waals surface area contributed by atoms with Crippen LogP contribution in [-0.2, 0) is 10.8 Å². The number of hydrogen-bond acceptors (Lipinski definition) is 8. The Morgan fingerprint density at radius 2 is 0.860 bits per heavy atom. The first-order valence-corrected chi connectivity index (χ1v) is 38.2. The molecule has 4 aliphatic rings. The van der Waals surface area contributed by atoms with E-state index in [1.807, 2.05) is 45.8 Å². The van der Waals surface area contributed by atoms with Gasteiger partial charge in [-0.25, -0.2) is 0 Å². The largest absolute Gasteiger partial charge is 0.494 e. The number of fused-ring (bicyclic) bond motifs is 8. The number of unbranched alkanes of at least 4 members (excludes halogenated alkanes) is 20. The predicted octanol–water partition coefficient (Wildman–Crippen LogP) is 21.1. The smallest absolute Gasteiger partial charge is 0.119 e. The molecular formula is C76H90Br2O4S4. The lowest BCUT2D eigenvalue weighted by molar-refractivity contribution is 0.303. The fourth-order valence-corrected chi connectivity index (χ4v) is 21.0. The zero-order chi connectivity index (χ0) is 59.3. The Labute approximate surface area is 546 Å². The highest BCUT2D eigenvalue weighted by Crippen LogP contribution is 2.68. The molecule has 4 aromatic carbocycles. The summed E-state index contributed by atoms with van der Waals surface area (Å²) in [4.78, 5) is 1.39. The normalized spacial score (nSPS) is 16.0. The van der Waals surface area contributed by atoms with Crippen molar-refractivity contribution in [2.45, 2.75) is 198 Å². The summed E-state index contributed by atoms with van der Waals surface area (Å²) in [6.45, 7) is 12.0. The molecular weight excluding hydrogens is 1260 g/mol. The molecule has 456 valence electrons. The van der Waals surface area contributed by atoms with Gasteiger partial charge in [-0.2, -0.15) is 0 Å². The second kappa shape index (κ2) is 30.7. The summed E-state index contributed by atoms with van der Waals surface area (Å²) in [6, 6.07) is 37.5. The minimum absolute atomic E-state index is 0.110. The molecule has 4 nitrogen and oxygen atoms in total. The Balaban J connectivity index is 1.11. The maximum atomic E-state index is 6.65. The molecule has 0 radical (unpaired) electrons. The fourth-order valence-electron chi connectivity index (χ4n) is 14.1. The Kier molecular flexibility index (Phi) is 22.6. The zero-order valence-electron chi connectivity index (χ0n) is 51.6. The van der Waals surface area contributed by atoms with E-state index >= 15 is 0 Å². The van der Waals surface area contributed by atoms with E-state index in [1.54, 1.807) is 0 Å². The minimum Gasteiger partial charge on any atom is -0.494 e. The quantitative estimate of drug-likeness (QED) is 0.0366. The van der Waals surface area contributed by atoms with Crippen molar-refractivity contribution in [2.24, 2.45) is 5.92 Å². The van der Waals surface area contributed by atoms with E-state index in [-0.39, 0.29) is 5.92 Å². The predicted molar refractivity (Wildman–Crippen MR) is 379 cm³/mol. The van der Waals surface area contributed by atoms with Gasteiger partial charge >= 0.3 is 0 Å². The van der Waals surface area contributed by atoms with Crippen LogP contribution in [-0.4, -0.2) is 32.2 Å². The molecule has 86 heavy (non-hydrogen) atoms. The SMILES string of the molecule is CCCCCCCCOc1ccc(C2(c3ccc(OCCCCCCCC)cc3)C3=Cc4c5c(sc4=C3C(c3ccc(OCCCCCCCC)cc3)(c3ccc(OCCCCCCCC)cc3)C3C=c4c(sc6c(Br)csc46)=C32)=C(Br)CS5)cc1. The van der Waals surface area contributed by atoms with Crippen LogP contribution >= 0.6 is 77.6 Å². The summed E-state index contributed by atoms with van der Waals surface area (Å²) in [7, 11) is 0. The van der Waals surface area contributed by atoms with Crippen LogP contribution in [0.5, 0.6) is 23.0 Å². The van der Waals surface area contributed by atoms with E-state index in [1.165, 1.54) is 215 Å². The van der Waals surface area contributed by atoms with Gasteiger partial charge in [0.25, 0.3) is 0 Å². The molecule has 10 heteroatoms.